The molecule has 0 fully saturated rings. The van der Waals surface area contributed by atoms with Gasteiger partial charge in [-0.1, -0.05) is 50.2 Å². The number of rotatable bonds is 8. The van der Waals surface area contributed by atoms with Gasteiger partial charge in [-0.3, -0.25) is 14.2 Å². The molecular weight excluding hydrogens is 450 g/mol. The Hall–Kier alpha value is -2.38. The van der Waals surface area contributed by atoms with Crippen molar-refractivity contribution in [3.05, 3.63) is 63.3 Å². The summed E-state index contributed by atoms with van der Waals surface area (Å²) in [6, 6.07) is 8.02. The molecule has 4 rings (SSSR count). The highest BCUT2D eigenvalue weighted by atomic mass is 32.2. The zero-order valence-electron chi connectivity index (χ0n) is 19.4. The zero-order valence-corrected chi connectivity index (χ0v) is 21.0. The van der Waals surface area contributed by atoms with Crippen LogP contribution in [0, 0.1) is 0 Å². The number of nitrogens with zero attached hydrogens (tertiary/aromatic N) is 2. The summed E-state index contributed by atoms with van der Waals surface area (Å²) in [5.74, 6) is 0.575. The summed E-state index contributed by atoms with van der Waals surface area (Å²) in [5, 5.41) is 4.30. The molecule has 0 aliphatic heterocycles. The molecule has 0 saturated carbocycles. The Kier molecular flexibility index (Phi) is 7.71. The summed E-state index contributed by atoms with van der Waals surface area (Å²) < 4.78 is 1.66. The van der Waals surface area contributed by atoms with Crippen molar-refractivity contribution in [2.24, 2.45) is 0 Å². The van der Waals surface area contributed by atoms with E-state index in [1.165, 1.54) is 40.6 Å². The molecule has 1 aliphatic carbocycles. The van der Waals surface area contributed by atoms with Gasteiger partial charge in [0, 0.05) is 17.1 Å². The maximum atomic E-state index is 13.4. The van der Waals surface area contributed by atoms with Crippen molar-refractivity contribution in [1.82, 2.24) is 9.55 Å². The fraction of sp³-hybridized carbons (Fsp3) is 0.423. The molecule has 0 radical (unpaired) electrons. The maximum absolute atomic E-state index is 13.4. The highest BCUT2D eigenvalue weighted by molar-refractivity contribution is 7.99. The standard InChI is InChI=1S/C26H31N3O2S2/c1-4-15-29-25(31)23-20-9-7-6-8-10-21(20)33-24(23)28-26(29)32-16-22(30)27-19-13-11-18(12-14-19)17(3)5-2/h4,11-14,17H,1,5-10,15-16H2,2-3H3,(H,27,30). The number of nitrogens with one attached hydrogen (secondary N) is 1. The summed E-state index contributed by atoms with van der Waals surface area (Å²) in [7, 11) is 0. The summed E-state index contributed by atoms with van der Waals surface area (Å²) in [4.78, 5) is 32.9. The molecule has 1 N–H and O–H groups in total. The van der Waals surface area contributed by atoms with Gasteiger partial charge in [0.05, 0.1) is 11.1 Å². The molecule has 1 unspecified atom stereocenters. The summed E-state index contributed by atoms with van der Waals surface area (Å²) in [5.41, 5.74) is 3.23. The smallest absolute Gasteiger partial charge is 0.263 e. The first-order valence-corrected chi connectivity index (χ1v) is 13.5. The van der Waals surface area contributed by atoms with Crippen LogP contribution in [0.15, 0.2) is 46.9 Å². The number of aryl methyl sites for hydroxylation is 2. The quantitative estimate of drug-likeness (QED) is 0.181. The number of anilines is 1. The van der Waals surface area contributed by atoms with Gasteiger partial charge in [0.25, 0.3) is 5.56 Å². The Bertz CT molecular complexity index is 1210. The molecule has 174 valence electrons. The fourth-order valence-corrected chi connectivity index (χ4v) is 6.37. The third-order valence-corrected chi connectivity index (χ3v) is 8.47. The number of hydrogen-bond donors (Lipinski definition) is 1. The molecule has 1 amide bonds. The molecular formula is C26H31N3O2S2. The van der Waals surface area contributed by atoms with Gasteiger partial charge in [0.15, 0.2) is 5.16 Å². The monoisotopic (exact) mass is 481 g/mol. The molecule has 7 heteroatoms. The normalized spacial score (nSPS) is 14.5. The van der Waals surface area contributed by atoms with Crippen molar-refractivity contribution in [2.75, 3.05) is 11.1 Å². The predicted molar refractivity (Wildman–Crippen MR) is 140 cm³/mol. The maximum Gasteiger partial charge on any atom is 0.263 e. The lowest BCUT2D eigenvalue weighted by atomic mass is 9.99. The first-order chi connectivity index (χ1) is 16.0. The Morgan fingerprint density at radius 3 is 2.76 bits per heavy atom. The first kappa shape index (κ1) is 23.8. The largest absolute Gasteiger partial charge is 0.325 e. The average Bonchev–Trinajstić information content (AvgIpc) is 3.00. The molecule has 0 saturated heterocycles. The van der Waals surface area contributed by atoms with Gasteiger partial charge in [-0.05, 0) is 61.3 Å². The van der Waals surface area contributed by atoms with Gasteiger partial charge in [0.1, 0.15) is 4.83 Å². The van der Waals surface area contributed by atoms with Crippen molar-refractivity contribution in [3.63, 3.8) is 0 Å². The predicted octanol–water partition coefficient (Wildman–Crippen LogP) is 6.16. The SMILES string of the molecule is C=CCn1c(SCC(=O)Nc2ccc(C(C)CC)cc2)nc2sc3c(c2c1=O)CCCCC3. The highest BCUT2D eigenvalue weighted by Crippen LogP contribution is 2.34. The summed E-state index contributed by atoms with van der Waals surface area (Å²) >= 11 is 2.95. The molecule has 0 bridgehead atoms. The van der Waals surface area contributed by atoms with Crippen molar-refractivity contribution in [2.45, 2.75) is 70.0 Å². The van der Waals surface area contributed by atoms with Crippen LogP contribution in [-0.4, -0.2) is 21.2 Å². The van der Waals surface area contributed by atoms with Crippen molar-refractivity contribution < 1.29 is 4.79 Å². The van der Waals surface area contributed by atoms with E-state index in [0.717, 1.165) is 41.6 Å². The van der Waals surface area contributed by atoms with E-state index >= 15 is 0 Å². The lowest BCUT2D eigenvalue weighted by Crippen LogP contribution is -2.24. The van der Waals surface area contributed by atoms with E-state index in [9.17, 15) is 9.59 Å². The van der Waals surface area contributed by atoms with Crippen LogP contribution in [0.5, 0.6) is 0 Å². The van der Waals surface area contributed by atoms with Crippen LogP contribution < -0.4 is 10.9 Å². The van der Waals surface area contributed by atoms with Gasteiger partial charge in [0.2, 0.25) is 5.91 Å². The van der Waals surface area contributed by atoms with E-state index < -0.39 is 0 Å². The van der Waals surface area contributed by atoms with E-state index in [0.29, 0.717) is 17.6 Å². The topological polar surface area (TPSA) is 64.0 Å². The summed E-state index contributed by atoms with van der Waals surface area (Å²) in [6.07, 6.45) is 8.27. The van der Waals surface area contributed by atoms with Crippen LogP contribution >= 0.6 is 23.1 Å². The van der Waals surface area contributed by atoms with Gasteiger partial charge in [-0.2, -0.15) is 0 Å². The van der Waals surface area contributed by atoms with E-state index in [1.807, 2.05) is 12.1 Å². The van der Waals surface area contributed by atoms with Gasteiger partial charge < -0.3 is 5.32 Å². The van der Waals surface area contributed by atoms with Crippen LogP contribution in [0.1, 0.15) is 61.5 Å². The Balaban J connectivity index is 1.53. The van der Waals surface area contributed by atoms with Gasteiger partial charge in [-0.25, -0.2) is 4.98 Å². The minimum Gasteiger partial charge on any atom is -0.325 e. The lowest BCUT2D eigenvalue weighted by molar-refractivity contribution is -0.113. The molecule has 3 aromatic rings. The van der Waals surface area contributed by atoms with Crippen molar-refractivity contribution >= 4 is 44.9 Å². The molecule has 2 aromatic heterocycles. The number of carbonyl (C=O) groups is 1. The second-order valence-electron chi connectivity index (χ2n) is 8.61. The van der Waals surface area contributed by atoms with Crippen molar-refractivity contribution in [1.29, 1.82) is 0 Å². The number of carbonyl (C=O) groups excluding carboxylic acids is 1. The number of benzene rings is 1. The minimum atomic E-state index is -0.113. The lowest BCUT2D eigenvalue weighted by Gasteiger charge is -2.12. The number of thiophene rings is 1. The highest BCUT2D eigenvalue weighted by Gasteiger charge is 2.21. The Morgan fingerprint density at radius 2 is 2.03 bits per heavy atom. The van der Waals surface area contributed by atoms with Crippen LogP contribution in [-0.2, 0) is 24.2 Å². The number of thioether (sulfide) groups is 1. The second-order valence-corrected chi connectivity index (χ2v) is 10.6. The van der Waals surface area contributed by atoms with Crippen molar-refractivity contribution in [3.8, 4) is 0 Å². The van der Waals surface area contributed by atoms with Gasteiger partial charge in [-0.15, -0.1) is 17.9 Å². The molecule has 2 heterocycles. The Morgan fingerprint density at radius 1 is 1.27 bits per heavy atom. The number of hydrogen-bond acceptors (Lipinski definition) is 5. The van der Waals surface area contributed by atoms with Crippen LogP contribution in [0.2, 0.25) is 0 Å². The minimum absolute atomic E-state index is 0.0113. The zero-order chi connectivity index (χ0) is 23.4. The number of allylic oxidation sites excluding steroid dienone is 1. The fourth-order valence-electron chi connectivity index (χ4n) is 4.25. The third-order valence-electron chi connectivity index (χ3n) is 6.31. The van der Waals surface area contributed by atoms with Gasteiger partial charge >= 0.3 is 0 Å². The molecule has 33 heavy (non-hydrogen) atoms. The molecule has 1 aliphatic rings. The number of aromatic nitrogens is 2. The molecule has 5 nitrogen and oxygen atoms in total. The van der Waals surface area contributed by atoms with E-state index in [-0.39, 0.29) is 17.2 Å². The number of fused-ring (bicyclic) bond motifs is 3. The Labute approximate surface area is 203 Å². The van der Waals surface area contributed by atoms with Crippen LogP contribution in [0.3, 0.4) is 0 Å². The third kappa shape index (κ3) is 5.25. The van der Waals surface area contributed by atoms with Crippen LogP contribution in [0.25, 0.3) is 10.2 Å². The first-order valence-electron chi connectivity index (χ1n) is 11.7. The van der Waals surface area contributed by atoms with Crippen LogP contribution in [0.4, 0.5) is 5.69 Å². The average molecular weight is 482 g/mol. The van der Waals surface area contributed by atoms with E-state index in [1.54, 1.807) is 22.0 Å². The summed E-state index contributed by atoms with van der Waals surface area (Å²) in [6.45, 7) is 8.56. The number of amides is 1. The molecule has 1 aromatic carbocycles. The van der Waals surface area contributed by atoms with E-state index in [2.05, 4.69) is 37.9 Å². The van der Waals surface area contributed by atoms with E-state index in [4.69, 9.17) is 4.98 Å². The molecule has 0 spiro atoms. The molecule has 1 atom stereocenters. The second kappa shape index (κ2) is 10.7.